The number of anilines is 1. The summed E-state index contributed by atoms with van der Waals surface area (Å²) in [6, 6.07) is 10.6. The Kier molecular flexibility index (Phi) is 3.57. The maximum absolute atomic E-state index is 13.1. The lowest BCUT2D eigenvalue weighted by molar-refractivity contribution is 0.102. The number of hydrogen-bond acceptors (Lipinski definition) is 1. The Bertz CT molecular complexity index is 845. The molecular formula is C15H9Cl2FN2O. The number of carbonyl (C=O) groups is 1. The molecule has 0 spiro atoms. The summed E-state index contributed by atoms with van der Waals surface area (Å²) in [7, 11) is 0. The van der Waals surface area contributed by atoms with Crippen LogP contribution in [0.4, 0.5) is 10.1 Å². The fourth-order valence-electron chi connectivity index (χ4n) is 2.01. The zero-order chi connectivity index (χ0) is 15.0. The van der Waals surface area contributed by atoms with Crippen LogP contribution in [0, 0.1) is 5.82 Å². The summed E-state index contributed by atoms with van der Waals surface area (Å²) in [5, 5.41) is 4.14. The molecule has 0 unspecified atom stereocenters. The van der Waals surface area contributed by atoms with Gasteiger partial charge in [-0.15, -0.1) is 0 Å². The molecule has 21 heavy (non-hydrogen) atoms. The first-order chi connectivity index (χ1) is 10.0. The van der Waals surface area contributed by atoms with Gasteiger partial charge in [-0.25, -0.2) is 4.39 Å². The van der Waals surface area contributed by atoms with Crippen molar-refractivity contribution in [3.63, 3.8) is 0 Å². The van der Waals surface area contributed by atoms with Gasteiger partial charge in [-0.3, -0.25) is 4.79 Å². The van der Waals surface area contributed by atoms with Gasteiger partial charge in [0.1, 0.15) is 11.5 Å². The molecule has 0 saturated carbocycles. The molecule has 0 aliphatic carbocycles. The van der Waals surface area contributed by atoms with Gasteiger partial charge >= 0.3 is 0 Å². The van der Waals surface area contributed by atoms with E-state index < -0.39 is 0 Å². The zero-order valence-corrected chi connectivity index (χ0v) is 12.1. The van der Waals surface area contributed by atoms with Gasteiger partial charge in [-0.05, 0) is 42.5 Å². The van der Waals surface area contributed by atoms with Crippen molar-refractivity contribution in [1.29, 1.82) is 0 Å². The minimum Gasteiger partial charge on any atom is -0.351 e. The van der Waals surface area contributed by atoms with E-state index >= 15 is 0 Å². The molecule has 0 aliphatic heterocycles. The smallest absolute Gasteiger partial charge is 0.272 e. The van der Waals surface area contributed by atoms with Crippen LogP contribution in [-0.4, -0.2) is 10.9 Å². The van der Waals surface area contributed by atoms with Crippen molar-refractivity contribution in [1.82, 2.24) is 4.98 Å². The zero-order valence-electron chi connectivity index (χ0n) is 10.6. The van der Waals surface area contributed by atoms with Crippen molar-refractivity contribution in [3.8, 4) is 0 Å². The summed E-state index contributed by atoms with van der Waals surface area (Å²) in [5.41, 5.74) is 1.41. The number of aromatic amines is 1. The van der Waals surface area contributed by atoms with E-state index in [1.54, 1.807) is 30.3 Å². The van der Waals surface area contributed by atoms with Crippen LogP contribution < -0.4 is 5.32 Å². The van der Waals surface area contributed by atoms with Gasteiger partial charge in [-0.2, -0.15) is 0 Å². The predicted octanol–water partition coefficient (Wildman–Crippen LogP) is 4.87. The molecular weight excluding hydrogens is 314 g/mol. The van der Waals surface area contributed by atoms with Gasteiger partial charge in [0.25, 0.3) is 5.91 Å². The first-order valence-corrected chi connectivity index (χ1v) is 6.83. The van der Waals surface area contributed by atoms with Gasteiger partial charge in [-0.1, -0.05) is 23.2 Å². The number of aromatic nitrogens is 1. The Balaban J connectivity index is 1.91. The van der Waals surface area contributed by atoms with Gasteiger partial charge in [0, 0.05) is 15.9 Å². The van der Waals surface area contributed by atoms with Gasteiger partial charge in [0.05, 0.1) is 10.7 Å². The summed E-state index contributed by atoms with van der Waals surface area (Å²) < 4.78 is 13.1. The average molecular weight is 323 g/mol. The number of nitrogens with one attached hydrogen (secondary N) is 2. The number of amides is 1. The maximum Gasteiger partial charge on any atom is 0.272 e. The summed E-state index contributed by atoms with van der Waals surface area (Å²) in [6.45, 7) is 0. The average Bonchev–Trinajstić information content (AvgIpc) is 2.86. The molecule has 2 N–H and O–H groups in total. The summed E-state index contributed by atoms with van der Waals surface area (Å²) in [6.07, 6.45) is 0. The van der Waals surface area contributed by atoms with Crippen molar-refractivity contribution in [2.75, 3.05) is 5.32 Å². The van der Waals surface area contributed by atoms with E-state index in [1.165, 1.54) is 12.1 Å². The molecule has 0 bridgehead atoms. The number of halogens is 3. The van der Waals surface area contributed by atoms with Crippen LogP contribution in [0.2, 0.25) is 10.0 Å². The van der Waals surface area contributed by atoms with Gasteiger partial charge in [0.15, 0.2) is 0 Å². The predicted molar refractivity (Wildman–Crippen MR) is 82.7 cm³/mol. The number of fused-ring (bicyclic) bond motifs is 1. The van der Waals surface area contributed by atoms with Crippen LogP contribution in [0.15, 0.2) is 42.5 Å². The molecule has 1 aromatic heterocycles. The van der Waals surface area contributed by atoms with E-state index in [-0.39, 0.29) is 11.7 Å². The highest BCUT2D eigenvalue weighted by atomic mass is 35.5. The lowest BCUT2D eigenvalue weighted by Gasteiger charge is -2.06. The Morgan fingerprint density at radius 1 is 1.10 bits per heavy atom. The van der Waals surface area contributed by atoms with Crippen molar-refractivity contribution in [3.05, 3.63) is 64.0 Å². The Labute approximate surface area is 129 Å². The summed E-state index contributed by atoms with van der Waals surface area (Å²) >= 11 is 11.9. The molecule has 0 atom stereocenters. The Hall–Kier alpha value is -2.04. The third-order valence-corrected chi connectivity index (χ3v) is 3.57. The minimum atomic E-state index is -0.379. The van der Waals surface area contributed by atoms with E-state index in [0.717, 1.165) is 0 Å². The topological polar surface area (TPSA) is 44.9 Å². The molecule has 3 rings (SSSR count). The normalized spacial score (nSPS) is 10.8. The Morgan fingerprint density at radius 2 is 1.90 bits per heavy atom. The van der Waals surface area contributed by atoms with Crippen molar-refractivity contribution < 1.29 is 9.18 Å². The van der Waals surface area contributed by atoms with E-state index in [0.29, 0.717) is 32.3 Å². The second-order valence-corrected chi connectivity index (χ2v) is 5.34. The molecule has 2 aromatic carbocycles. The van der Waals surface area contributed by atoms with Crippen LogP contribution in [0.3, 0.4) is 0 Å². The first kappa shape index (κ1) is 13.9. The fourth-order valence-corrected chi connectivity index (χ4v) is 2.35. The van der Waals surface area contributed by atoms with Crippen molar-refractivity contribution in [2.24, 2.45) is 0 Å². The molecule has 6 heteroatoms. The fraction of sp³-hybridized carbons (Fsp3) is 0. The van der Waals surface area contributed by atoms with Crippen LogP contribution in [0.1, 0.15) is 10.5 Å². The van der Waals surface area contributed by atoms with Crippen LogP contribution >= 0.6 is 23.2 Å². The second-order valence-electron chi connectivity index (χ2n) is 4.49. The largest absolute Gasteiger partial charge is 0.351 e. The minimum absolute atomic E-state index is 0.312. The molecule has 3 aromatic rings. The van der Waals surface area contributed by atoms with Gasteiger partial charge < -0.3 is 10.3 Å². The highest BCUT2D eigenvalue weighted by Crippen LogP contribution is 2.26. The van der Waals surface area contributed by atoms with E-state index in [1.807, 2.05) is 0 Å². The third-order valence-electron chi connectivity index (χ3n) is 3.00. The quantitative estimate of drug-likeness (QED) is 0.694. The third kappa shape index (κ3) is 2.86. The maximum atomic E-state index is 13.1. The SMILES string of the molecule is O=C(Nc1cc(Cl)ccc1Cl)c1cc2cc(F)ccc2[nH]1. The number of H-pyrrole nitrogens is 1. The van der Waals surface area contributed by atoms with E-state index in [9.17, 15) is 9.18 Å². The van der Waals surface area contributed by atoms with Crippen molar-refractivity contribution in [2.45, 2.75) is 0 Å². The summed E-state index contributed by atoms with van der Waals surface area (Å²) in [4.78, 5) is 15.1. The standard InChI is InChI=1S/C15H9Cl2FN2O/c16-9-1-3-11(17)13(7-9)20-15(21)14-6-8-5-10(18)2-4-12(8)19-14/h1-7,19H,(H,20,21). The lowest BCUT2D eigenvalue weighted by Crippen LogP contribution is -2.12. The summed E-state index contributed by atoms with van der Waals surface area (Å²) in [5.74, 6) is -0.734. The van der Waals surface area contributed by atoms with Crippen LogP contribution in [0.25, 0.3) is 10.9 Å². The highest BCUT2D eigenvalue weighted by molar-refractivity contribution is 6.35. The number of hydrogen-bond donors (Lipinski definition) is 2. The number of rotatable bonds is 2. The molecule has 106 valence electrons. The number of carbonyl (C=O) groups excluding carboxylic acids is 1. The highest BCUT2D eigenvalue weighted by Gasteiger charge is 2.12. The molecule has 0 saturated heterocycles. The molecule has 0 fully saturated rings. The molecule has 0 aliphatic rings. The van der Waals surface area contributed by atoms with E-state index in [2.05, 4.69) is 10.3 Å². The Morgan fingerprint density at radius 3 is 2.71 bits per heavy atom. The lowest BCUT2D eigenvalue weighted by atomic mass is 10.2. The molecule has 1 amide bonds. The molecule has 1 heterocycles. The van der Waals surface area contributed by atoms with Crippen LogP contribution in [-0.2, 0) is 0 Å². The molecule has 3 nitrogen and oxygen atoms in total. The molecule has 0 radical (unpaired) electrons. The van der Waals surface area contributed by atoms with Crippen LogP contribution in [0.5, 0.6) is 0 Å². The first-order valence-electron chi connectivity index (χ1n) is 6.07. The van der Waals surface area contributed by atoms with E-state index in [4.69, 9.17) is 23.2 Å². The monoisotopic (exact) mass is 322 g/mol. The van der Waals surface area contributed by atoms with Gasteiger partial charge in [0.2, 0.25) is 0 Å². The van der Waals surface area contributed by atoms with Crippen molar-refractivity contribution >= 4 is 45.7 Å². The second kappa shape index (κ2) is 5.39. The number of benzene rings is 2.